The molecule has 1 aromatic heterocycles. The Morgan fingerprint density at radius 2 is 2.00 bits per heavy atom. The van der Waals surface area contributed by atoms with E-state index in [0.717, 1.165) is 0 Å². The summed E-state index contributed by atoms with van der Waals surface area (Å²) in [6.45, 7) is -0.329. The number of rotatable bonds is 5. The normalized spacial score (nSPS) is 11.5. The second-order valence-corrected chi connectivity index (χ2v) is 6.15. The van der Waals surface area contributed by atoms with Crippen LogP contribution in [-0.4, -0.2) is 42.7 Å². The lowest BCUT2D eigenvalue weighted by molar-refractivity contribution is -0.141. The van der Waals surface area contributed by atoms with Crippen molar-refractivity contribution in [3.63, 3.8) is 0 Å². The van der Waals surface area contributed by atoms with Crippen LogP contribution in [0.2, 0.25) is 0 Å². The van der Waals surface area contributed by atoms with Crippen LogP contribution < -0.4 is 5.73 Å². The molecule has 0 aliphatic carbocycles. The number of sulfone groups is 1. The Balaban J connectivity index is 2.64. The molecule has 8 nitrogen and oxygen atoms in total. The molecule has 2 rings (SSSR count). The number of ether oxygens (including phenoxy) is 1. The van der Waals surface area contributed by atoms with E-state index in [4.69, 9.17) is 5.73 Å². The van der Waals surface area contributed by atoms with Crippen LogP contribution in [0.15, 0.2) is 29.4 Å². The highest BCUT2D eigenvalue weighted by atomic mass is 32.2. The second kappa shape index (κ2) is 5.52. The molecular weight excluding hydrogens is 298 g/mol. The van der Waals surface area contributed by atoms with Gasteiger partial charge < -0.3 is 15.0 Å². The molecule has 0 saturated heterocycles. The number of amides is 1. The van der Waals surface area contributed by atoms with Crippen LogP contribution in [0.25, 0.3) is 11.0 Å². The summed E-state index contributed by atoms with van der Waals surface area (Å²) in [5, 5.41) is -0.382. The number of benzene rings is 1. The predicted molar refractivity (Wildman–Crippen MR) is 73.0 cm³/mol. The summed E-state index contributed by atoms with van der Waals surface area (Å²) in [4.78, 5) is 26.4. The van der Waals surface area contributed by atoms with E-state index in [2.05, 4.69) is 9.72 Å². The van der Waals surface area contributed by atoms with Crippen molar-refractivity contribution in [2.24, 2.45) is 5.73 Å². The zero-order valence-corrected chi connectivity index (χ0v) is 12.0. The maximum absolute atomic E-state index is 12.2. The first-order chi connectivity index (χ1) is 9.85. The molecule has 0 aliphatic heterocycles. The molecule has 0 spiro atoms. The Bertz CT molecular complexity index is 809. The zero-order chi connectivity index (χ0) is 15.6. The van der Waals surface area contributed by atoms with Gasteiger partial charge in [-0.2, -0.15) is 0 Å². The second-order valence-electron chi connectivity index (χ2n) is 4.27. The Labute approximate surface area is 120 Å². The summed E-state index contributed by atoms with van der Waals surface area (Å²) in [5.74, 6) is -2.50. The highest BCUT2D eigenvalue weighted by molar-refractivity contribution is 7.92. The number of carbonyl (C=O) groups excluding carboxylic acids is 2. The molecule has 0 fully saturated rings. The topological polar surface area (TPSA) is 121 Å². The maximum Gasteiger partial charge on any atom is 0.325 e. The van der Waals surface area contributed by atoms with Crippen LogP contribution in [0.5, 0.6) is 0 Å². The number of hydrogen-bond donors (Lipinski definition) is 1. The number of primary amides is 1. The molecule has 0 bridgehead atoms. The minimum atomic E-state index is -4.04. The third-order valence-electron chi connectivity index (χ3n) is 2.74. The van der Waals surface area contributed by atoms with Crippen LogP contribution in [0, 0.1) is 0 Å². The van der Waals surface area contributed by atoms with Gasteiger partial charge in [-0.25, -0.2) is 13.4 Å². The van der Waals surface area contributed by atoms with Crippen LogP contribution in [-0.2, 0) is 30.7 Å². The van der Waals surface area contributed by atoms with Gasteiger partial charge in [-0.05, 0) is 12.1 Å². The van der Waals surface area contributed by atoms with E-state index in [1.807, 2.05) is 0 Å². The third kappa shape index (κ3) is 3.02. The van der Waals surface area contributed by atoms with Gasteiger partial charge in [-0.1, -0.05) is 12.1 Å². The largest absolute Gasteiger partial charge is 0.468 e. The third-order valence-corrected chi connectivity index (χ3v) is 4.28. The molecule has 1 amide bonds. The van der Waals surface area contributed by atoms with Crippen molar-refractivity contribution in [2.75, 3.05) is 12.9 Å². The summed E-state index contributed by atoms with van der Waals surface area (Å²) >= 11 is 0. The van der Waals surface area contributed by atoms with Crippen molar-refractivity contribution in [3.05, 3.63) is 24.3 Å². The van der Waals surface area contributed by atoms with Gasteiger partial charge in [0.05, 0.1) is 18.1 Å². The first-order valence-corrected chi connectivity index (χ1v) is 7.53. The van der Waals surface area contributed by atoms with Crippen LogP contribution in [0.3, 0.4) is 0 Å². The van der Waals surface area contributed by atoms with Gasteiger partial charge >= 0.3 is 5.97 Å². The zero-order valence-electron chi connectivity index (χ0n) is 11.1. The number of carbonyl (C=O) groups is 2. The van der Waals surface area contributed by atoms with Crippen molar-refractivity contribution in [1.29, 1.82) is 0 Å². The highest BCUT2D eigenvalue weighted by Crippen LogP contribution is 2.20. The minimum absolute atomic E-state index is 0.329. The highest BCUT2D eigenvalue weighted by Gasteiger charge is 2.26. The Morgan fingerprint density at radius 1 is 1.33 bits per heavy atom. The van der Waals surface area contributed by atoms with Crippen molar-refractivity contribution < 1.29 is 22.7 Å². The smallest absolute Gasteiger partial charge is 0.325 e. The van der Waals surface area contributed by atoms with Gasteiger partial charge in [0.1, 0.15) is 12.3 Å². The average molecular weight is 311 g/mol. The summed E-state index contributed by atoms with van der Waals surface area (Å²) in [5.41, 5.74) is 5.78. The lowest BCUT2D eigenvalue weighted by Gasteiger charge is -2.07. The van der Waals surface area contributed by atoms with Crippen molar-refractivity contribution in [3.8, 4) is 0 Å². The number of esters is 1. The first kappa shape index (κ1) is 15.0. The molecule has 0 unspecified atom stereocenters. The molecule has 2 N–H and O–H groups in total. The predicted octanol–water partition coefficient (Wildman–Crippen LogP) is -0.532. The van der Waals surface area contributed by atoms with Crippen LogP contribution in [0.4, 0.5) is 0 Å². The Kier molecular flexibility index (Phi) is 3.94. The van der Waals surface area contributed by atoms with Gasteiger partial charge in [0.25, 0.3) is 0 Å². The molecule has 21 heavy (non-hydrogen) atoms. The summed E-state index contributed by atoms with van der Waals surface area (Å²) in [7, 11) is -2.84. The van der Waals surface area contributed by atoms with E-state index in [0.29, 0.717) is 11.0 Å². The number of para-hydroxylation sites is 2. The summed E-state index contributed by atoms with van der Waals surface area (Å²) < 4.78 is 30.1. The average Bonchev–Trinajstić information content (AvgIpc) is 2.77. The number of aromatic nitrogens is 2. The number of hydrogen-bond acceptors (Lipinski definition) is 6. The molecule has 0 saturated carbocycles. The fourth-order valence-electron chi connectivity index (χ4n) is 1.89. The van der Waals surface area contributed by atoms with E-state index in [1.54, 1.807) is 24.3 Å². The maximum atomic E-state index is 12.2. The first-order valence-electron chi connectivity index (χ1n) is 5.88. The summed E-state index contributed by atoms with van der Waals surface area (Å²) in [6.07, 6.45) is 0. The number of fused-ring (bicyclic) bond motifs is 1. The van der Waals surface area contributed by atoms with E-state index in [9.17, 15) is 18.0 Å². The van der Waals surface area contributed by atoms with Crippen molar-refractivity contribution in [1.82, 2.24) is 9.55 Å². The van der Waals surface area contributed by atoms with Crippen LogP contribution >= 0.6 is 0 Å². The Morgan fingerprint density at radius 3 is 2.62 bits per heavy atom. The quantitative estimate of drug-likeness (QED) is 0.741. The fourth-order valence-corrected chi connectivity index (χ4v) is 3.13. The molecule has 0 radical (unpaired) electrons. The SMILES string of the molecule is COC(=O)Cn1c(S(=O)(=O)CC(N)=O)nc2ccccc21. The molecule has 1 heterocycles. The number of imidazole rings is 1. The van der Waals surface area contributed by atoms with E-state index < -0.39 is 27.5 Å². The fraction of sp³-hybridized carbons (Fsp3) is 0.250. The lowest BCUT2D eigenvalue weighted by atomic mass is 10.3. The molecule has 2 aromatic rings. The van der Waals surface area contributed by atoms with E-state index in [-0.39, 0.29) is 11.7 Å². The van der Waals surface area contributed by atoms with E-state index >= 15 is 0 Å². The van der Waals surface area contributed by atoms with Crippen molar-refractivity contribution in [2.45, 2.75) is 11.7 Å². The number of nitrogens with two attached hydrogens (primary N) is 1. The standard InChI is InChI=1S/C12H13N3O5S/c1-20-11(17)6-15-9-5-3-2-4-8(9)14-12(15)21(18,19)7-10(13)16/h2-5H,6-7H2,1H3,(H2,13,16). The number of nitrogens with zero attached hydrogens (tertiary/aromatic N) is 2. The molecule has 9 heteroatoms. The Hall–Kier alpha value is -2.42. The lowest BCUT2D eigenvalue weighted by Crippen LogP contribution is -2.26. The molecule has 0 atom stereocenters. The van der Waals surface area contributed by atoms with Crippen LogP contribution in [0.1, 0.15) is 0 Å². The van der Waals surface area contributed by atoms with E-state index in [1.165, 1.54) is 11.7 Å². The molecule has 0 aliphatic rings. The van der Waals surface area contributed by atoms with Gasteiger partial charge in [0.2, 0.25) is 20.9 Å². The van der Waals surface area contributed by atoms with Gasteiger partial charge in [0, 0.05) is 0 Å². The van der Waals surface area contributed by atoms with Gasteiger partial charge in [-0.15, -0.1) is 0 Å². The molecule has 1 aromatic carbocycles. The van der Waals surface area contributed by atoms with Gasteiger partial charge in [-0.3, -0.25) is 9.59 Å². The minimum Gasteiger partial charge on any atom is -0.468 e. The van der Waals surface area contributed by atoms with Gasteiger partial charge in [0.15, 0.2) is 0 Å². The monoisotopic (exact) mass is 311 g/mol. The van der Waals surface area contributed by atoms with Crippen molar-refractivity contribution >= 4 is 32.7 Å². The molecular formula is C12H13N3O5S. The summed E-state index contributed by atoms with van der Waals surface area (Å²) in [6, 6.07) is 6.59. The molecule has 112 valence electrons. The number of methoxy groups -OCH3 is 1.